The SMILES string of the molecule is Cc1ccc(C(=O)c2ncc[nH]2)cn1. The van der Waals surface area contributed by atoms with E-state index in [1.54, 1.807) is 30.7 Å². The van der Waals surface area contributed by atoms with Gasteiger partial charge in [0.05, 0.1) is 0 Å². The van der Waals surface area contributed by atoms with Crippen molar-refractivity contribution in [1.82, 2.24) is 15.0 Å². The Morgan fingerprint density at radius 3 is 2.79 bits per heavy atom. The van der Waals surface area contributed by atoms with E-state index < -0.39 is 0 Å². The molecule has 0 saturated carbocycles. The van der Waals surface area contributed by atoms with E-state index in [1.807, 2.05) is 6.92 Å². The third-order valence-corrected chi connectivity index (χ3v) is 1.89. The molecule has 2 aromatic rings. The van der Waals surface area contributed by atoms with Gasteiger partial charge in [-0.05, 0) is 19.1 Å². The molecule has 0 amide bonds. The molecule has 2 heterocycles. The third-order valence-electron chi connectivity index (χ3n) is 1.89. The fourth-order valence-electron chi connectivity index (χ4n) is 1.13. The van der Waals surface area contributed by atoms with Gasteiger partial charge < -0.3 is 4.98 Å². The highest BCUT2D eigenvalue weighted by Crippen LogP contribution is 2.04. The number of imidazole rings is 1. The summed E-state index contributed by atoms with van der Waals surface area (Å²) in [6.07, 6.45) is 4.73. The summed E-state index contributed by atoms with van der Waals surface area (Å²) in [5.41, 5.74) is 1.44. The van der Waals surface area contributed by atoms with E-state index in [9.17, 15) is 4.79 Å². The minimum atomic E-state index is -0.137. The fourth-order valence-corrected chi connectivity index (χ4v) is 1.13. The summed E-state index contributed by atoms with van der Waals surface area (Å²) in [5.74, 6) is 0.207. The summed E-state index contributed by atoms with van der Waals surface area (Å²) in [6.45, 7) is 1.88. The number of carbonyl (C=O) groups is 1. The Balaban J connectivity index is 2.33. The summed E-state index contributed by atoms with van der Waals surface area (Å²) in [6, 6.07) is 3.54. The van der Waals surface area contributed by atoms with Crippen molar-refractivity contribution in [3.8, 4) is 0 Å². The van der Waals surface area contributed by atoms with Gasteiger partial charge in [0.15, 0.2) is 5.82 Å². The van der Waals surface area contributed by atoms with Gasteiger partial charge in [-0.3, -0.25) is 9.78 Å². The maximum Gasteiger partial charge on any atom is 0.229 e. The number of H-pyrrole nitrogens is 1. The molecule has 0 atom stereocenters. The van der Waals surface area contributed by atoms with Gasteiger partial charge in [-0.15, -0.1) is 0 Å². The number of nitrogens with one attached hydrogen (secondary N) is 1. The summed E-state index contributed by atoms with van der Waals surface area (Å²) in [5, 5.41) is 0. The monoisotopic (exact) mass is 187 g/mol. The molecule has 14 heavy (non-hydrogen) atoms. The second kappa shape index (κ2) is 3.41. The number of aromatic amines is 1. The summed E-state index contributed by atoms with van der Waals surface area (Å²) in [4.78, 5) is 22.4. The van der Waals surface area contributed by atoms with Crippen LogP contribution in [0.2, 0.25) is 0 Å². The molecular weight excluding hydrogens is 178 g/mol. The molecule has 0 bridgehead atoms. The van der Waals surface area contributed by atoms with Crippen LogP contribution in [0.4, 0.5) is 0 Å². The molecular formula is C10H9N3O. The number of hydrogen-bond donors (Lipinski definition) is 1. The lowest BCUT2D eigenvalue weighted by atomic mass is 10.2. The Bertz CT molecular complexity index is 431. The summed E-state index contributed by atoms with van der Waals surface area (Å²) in [7, 11) is 0. The smallest absolute Gasteiger partial charge is 0.229 e. The van der Waals surface area contributed by atoms with Crippen molar-refractivity contribution < 1.29 is 4.79 Å². The van der Waals surface area contributed by atoms with Crippen molar-refractivity contribution in [1.29, 1.82) is 0 Å². The molecule has 0 saturated heterocycles. The Kier molecular flexibility index (Phi) is 2.10. The van der Waals surface area contributed by atoms with E-state index in [4.69, 9.17) is 0 Å². The number of aryl methyl sites for hydroxylation is 1. The normalized spacial score (nSPS) is 10.1. The van der Waals surface area contributed by atoms with Crippen LogP contribution in [0.25, 0.3) is 0 Å². The fraction of sp³-hybridized carbons (Fsp3) is 0.100. The Hall–Kier alpha value is -1.97. The highest BCUT2D eigenvalue weighted by molar-refractivity contribution is 6.06. The lowest BCUT2D eigenvalue weighted by molar-refractivity contribution is 0.103. The number of hydrogen-bond acceptors (Lipinski definition) is 3. The maximum absolute atomic E-state index is 11.7. The molecule has 0 radical (unpaired) electrons. The zero-order valence-corrected chi connectivity index (χ0v) is 7.69. The van der Waals surface area contributed by atoms with Crippen molar-refractivity contribution in [2.24, 2.45) is 0 Å². The van der Waals surface area contributed by atoms with E-state index in [1.165, 1.54) is 0 Å². The molecule has 1 N–H and O–H groups in total. The molecule has 70 valence electrons. The number of carbonyl (C=O) groups excluding carboxylic acids is 1. The minimum Gasteiger partial charge on any atom is -0.342 e. The lowest BCUT2D eigenvalue weighted by Gasteiger charge is -1.97. The number of aromatic nitrogens is 3. The molecule has 2 rings (SSSR count). The zero-order chi connectivity index (χ0) is 9.97. The van der Waals surface area contributed by atoms with Gasteiger partial charge in [0.25, 0.3) is 0 Å². The van der Waals surface area contributed by atoms with Crippen LogP contribution >= 0.6 is 0 Å². The predicted octanol–water partition coefficient (Wildman–Crippen LogP) is 1.34. The maximum atomic E-state index is 11.7. The lowest BCUT2D eigenvalue weighted by Crippen LogP contribution is -2.04. The molecule has 4 nitrogen and oxygen atoms in total. The van der Waals surface area contributed by atoms with Gasteiger partial charge >= 0.3 is 0 Å². The Morgan fingerprint density at radius 2 is 2.21 bits per heavy atom. The Morgan fingerprint density at radius 1 is 1.36 bits per heavy atom. The van der Waals surface area contributed by atoms with Crippen molar-refractivity contribution in [3.05, 3.63) is 47.8 Å². The molecule has 4 heteroatoms. The first kappa shape index (κ1) is 8.62. The van der Waals surface area contributed by atoms with Crippen LogP contribution in [0.3, 0.4) is 0 Å². The van der Waals surface area contributed by atoms with E-state index in [0.717, 1.165) is 5.69 Å². The summed E-state index contributed by atoms with van der Waals surface area (Å²) < 4.78 is 0. The quantitative estimate of drug-likeness (QED) is 0.722. The van der Waals surface area contributed by atoms with Crippen LogP contribution in [0, 0.1) is 6.92 Å². The van der Waals surface area contributed by atoms with E-state index in [2.05, 4.69) is 15.0 Å². The average Bonchev–Trinajstić information content (AvgIpc) is 2.71. The van der Waals surface area contributed by atoms with E-state index in [0.29, 0.717) is 11.4 Å². The molecule has 2 aromatic heterocycles. The van der Waals surface area contributed by atoms with E-state index in [-0.39, 0.29) is 5.78 Å². The zero-order valence-electron chi connectivity index (χ0n) is 7.69. The Labute approximate surface area is 81.0 Å². The number of pyridine rings is 1. The van der Waals surface area contributed by atoms with Crippen LogP contribution in [0.5, 0.6) is 0 Å². The van der Waals surface area contributed by atoms with Gasteiger partial charge in [0, 0.05) is 29.8 Å². The topological polar surface area (TPSA) is 58.6 Å². The molecule has 0 aliphatic heterocycles. The van der Waals surface area contributed by atoms with Gasteiger partial charge in [-0.2, -0.15) is 0 Å². The van der Waals surface area contributed by atoms with Gasteiger partial charge in [-0.1, -0.05) is 0 Å². The number of ketones is 1. The van der Waals surface area contributed by atoms with Crippen molar-refractivity contribution >= 4 is 5.78 Å². The average molecular weight is 187 g/mol. The second-order valence-corrected chi connectivity index (χ2v) is 2.96. The first-order chi connectivity index (χ1) is 6.77. The van der Waals surface area contributed by atoms with Crippen molar-refractivity contribution in [2.45, 2.75) is 6.92 Å². The molecule has 0 spiro atoms. The highest BCUT2D eigenvalue weighted by Gasteiger charge is 2.10. The van der Waals surface area contributed by atoms with Gasteiger partial charge in [0.1, 0.15) is 0 Å². The van der Waals surface area contributed by atoms with Crippen molar-refractivity contribution in [3.63, 3.8) is 0 Å². The molecule has 0 aliphatic carbocycles. The summed E-state index contributed by atoms with van der Waals surface area (Å²) >= 11 is 0. The van der Waals surface area contributed by atoms with Crippen LogP contribution in [-0.4, -0.2) is 20.7 Å². The molecule has 0 aliphatic rings. The largest absolute Gasteiger partial charge is 0.342 e. The minimum absolute atomic E-state index is 0.137. The first-order valence-corrected chi connectivity index (χ1v) is 4.24. The third kappa shape index (κ3) is 1.54. The number of rotatable bonds is 2. The van der Waals surface area contributed by atoms with Gasteiger partial charge in [0.2, 0.25) is 5.78 Å². The van der Waals surface area contributed by atoms with Crippen LogP contribution in [0.1, 0.15) is 21.9 Å². The van der Waals surface area contributed by atoms with Crippen molar-refractivity contribution in [2.75, 3.05) is 0 Å². The molecule has 0 unspecified atom stereocenters. The van der Waals surface area contributed by atoms with Crippen LogP contribution in [0.15, 0.2) is 30.7 Å². The standard InChI is InChI=1S/C10H9N3O/c1-7-2-3-8(6-13-7)9(14)10-11-4-5-12-10/h2-6H,1H3,(H,11,12). The van der Waals surface area contributed by atoms with Crippen LogP contribution in [-0.2, 0) is 0 Å². The molecule has 0 aromatic carbocycles. The molecule has 0 fully saturated rings. The first-order valence-electron chi connectivity index (χ1n) is 4.24. The van der Waals surface area contributed by atoms with Gasteiger partial charge in [-0.25, -0.2) is 4.98 Å². The van der Waals surface area contributed by atoms with E-state index >= 15 is 0 Å². The van der Waals surface area contributed by atoms with Crippen LogP contribution < -0.4 is 0 Å². The number of nitrogens with zero attached hydrogens (tertiary/aromatic N) is 2. The second-order valence-electron chi connectivity index (χ2n) is 2.96. The highest BCUT2D eigenvalue weighted by atomic mass is 16.1. The predicted molar refractivity (Wildman–Crippen MR) is 51.0 cm³/mol.